The molecule has 1 aromatic heterocycles. The first kappa shape index (κ1) is 17.4. The zero-order chi connectivity index (χ0) is 17.9. The van der Waals surface area contributed by atoms with E-state index >= 15 is 0 Å². The smallest absolute Gasteiger partial charge is 0.387 e. The minimum Gasteiger partial charge on any atom is -0.479 e. The first-order chi connectivity index (χ1) is 11.2. The number of aliphatic carboxylic acids is 1. The van der Waals surface area contributed by atoms with Gasteiger partial charge in [0.25, 0.3) is 5.91 Å². The molecule has 0 aliphatic rings. The number of carboxylic acid groups (broad SMARTS) is 1. The Morgan fingerprint density at radius 1 is 1.33 bits per heavy atom. The number of ether oxygens (including phenoxy) is 1. The zero-order valence-electron chi connectivity index (χ0n) is 12.9. The summed E-state index contributed by atoms with van der Waals surface area (Å²) < 4.78 is 30.2. The van der Waals surface area contributed by atoms with Crippen molar-refractivity contribution in [3.8, 4) is 5.75 Å². The summed E-state index contributed by atoms with van der Waals surface area (Å²) in [6.45, 7) is -0.169. The van der Waals surface area contributed by atoms with Gasteiger partial charge in [0.2, 0.25) is 0 Å². The Labute approximate surface area is 135 Å². The molecule has 0 aliphatic heterocycles. The third-order valence-corrected chi connectivity index (χ3v) is 3.28. The van der Waals surface area contributed by atoms with E-state index in [4.69, 9.17) is 5.11 Å². The SMILES string of the molecule is CC(C)(C(=O)O)n1cc(NC(=O)c2ccccc2OC(F)F)cn1. The molecule has 0 unspecified atom stereocenters. The number of carboxylic acids is 1. The molecule has 9 heteroatoms. The molecule has 0 saturated carbocycles. The van der Waals surface area contributed by atoms with Crippen LogP contribution >= 0.6 is 0 Å². The number of hydrogen-bond donors (Lipinski definition) is 2. The van der Waals surface area contributed by atoms with Crippen molar-refractivity contribution in [1.29, 1.82) is 0 Å². The van der Waals surface area contributed by atoms with Crippen LogP contribution < -0.4 is 10.1 Å². The van der Waals surface area contributed by atoms with E-state index in [1.165, 1.54) is 55.2 Å². The number of anilines is 1. The van der Waals surface area contributed by atoms with Crippen LogP contribution in [0.15, 0.2) is 36.7 Å². The van der Waals surface area contributed by atoms with E-state index < -0.39 is 24.0 Å². The average molecular weight is 339 g/mol. The number of benzene rings is 1. The first-order valence-corrected chi connectivity index (χ1v) is 6.85. The van der Waals surface area contributed by atoms with Gasteiger partial charge in [-0.2, -0.15) is 13.9 Å². The van der Waals surface area contributed by atoms with Crippen LogP contribution in [0.2, 0.25) is 0 Å². The van der Waals surface area contributed by atoms with Crippen LogP contribution in [0.25, 0.3) is 0 Å². The van der Waals surface area contributed by atoms with Gasteiger partial charge in [0.1, 0.15) is 5.75 Å². The highest BCUT2D eigenvalue weighted by Gasteiger charge is 2.30. The molecule has 24 heavy (non-hydrogen) atoms. The molecule has 128 valence electrons. The maximum absolute atomic E-state index is 12.4. The number of rotatable bonds is 6. The number of para-hydroxylation sites is 1. The predicted octanol–water partition coefficient (Wildman–Crippen LogP) is 2.56. The lowest BCUT2D eigenvalue weighted by Crippen LogP contribution is -2.35. The molecule has 0 spiro atoms. The van der Waals surface area contributed by atoms with Gasteiger partial charge in [-0.25, -0.2) is 4.79 Å². The minimum atomic E-state index is -3.06. The summed E-state index contributed by atoms with van der Waals surface area (Å²) in [4.78, 5) is 23.4. The molecule has 1 heterocycles. The number of nitrogens with one attached hydrogen (secondary N) is 1. The van der Waals surface area contributed by atoms with Gasteiger partial charge >= 0.3 is 12.6 Å². The maximum Gasteiger partial charge on any atom is 0.387 e. The van der Waals surface area contributed by atoms with Crippen molar-refractivity contribution >= 4 is 17.6 Å². The number of alkyl halides is 2. The summed E-state index contributed by atoms with van der Waals surface area (Å²) in [6, 6.07) is 5.54. The van der Waals surface area contributed by atoms with E-state index in [9.17, 15) is 18.4 Å². The lowest BCUT2D eigenvalue weighted by Gasteiger charge is -2.19. The van der Waals surface area contributed by atoms with Crippen molar-refractivity contribution in [1.82, 2.24) is 9.78 Å². The van der Waals surface area contributed by atoms with Crippen molar-refractivity contribution in [3.05, 3.63) is 42.2 Å². The number of amides is 1. The maximum atomic E-state index is 12.4. The lowest BCUT2D eigenvalue weighted by molar-refractivity contribution is -0.146. The quantitative estimate of drug-likeness (QED) is 0.844. The molecule has 1 amide bonds. The summed E-state index contributed by atoms with van der Waals surface area (Å²) in [5, 5.41) is 15.5. The second kappa shape index (κ2) is 6.65. The molecule has 2 rings (SSSR count). The Morgan fingerprint density at radius 3 is 2.62 bits per heavy atom. The number of aromatic nitrogens is 2. The molecule has 0 aliphatic carbocycles. The number of carbonyl (C=O) groups is 2. The van der Waals surface area contributed by atoms with Gasteiger partial charge in [-0.15, -0.1) is 0 Å². The number of carbonyl (C=O) groups excluding carboxylic acids is 1. The van der Waals surface area contributed by atoms with Gasteiger partial charge in [0, 0.05) is 6.20 Å². The normalized spacial score (nSPS) is 11.4. The van der Waals surface area contributed by atoms with E-state index in [1.807, 2.05) is 0 Å². The number of nitrogens with zero attached hydrogens (tertiary/aromatic N) is 2. The number of hydrogen-bond acceptors (Lipinski definition) is 4. The lowest BCUT2D eigenvalue weighted by atomic mass is 10.1. The fourth-order valence-corrected chi connectivity index (χ4v) is 1.84. The minimum absolute atomic E-state index is 0.0805. The fourth-order valence-electron chi connectivity index (χ4n) is 1.84. The van der Waals surface area contributed by atoms with Crippen LogP contribution in [0.5, 0.6) is 5.75 Å². The molecule has 0 radical (unpaired) electrons. The van der Waals surface area contributed by atoms with Crippen LogP contribution in [0.4, 0.5) is 14.5 Å². The molecule has 0 atom stereocenters. The van der Waals surface area contributed by atoms with Crippen LogP contribution in [0.1, 0.15) is 24.2 Å². The molecular weight excluding hydrogens is 324 g/mol. The van der Waals surface area contributed by atoms with Crippen molar-refractivity contribution in [2.45, 2.75) is 26.0 Å². The van der Waals surface area contributed by atoms with Gasteiger partial charge in [0.15, 0.2) is 5.54 Å². The van der Waals surface area contributed by atoms with Crippen molar-refractivity contribution < 1.29 is 28.2 Å². The standard InChI is InChI=1S/C15H15F2N3O4/c1-15(2,13(22)23)20-8-9(7-18-20)19-12(21)10-5-3-4-6-11(10)24-14(16)17/h3-8,14H,1-2H3,(H,19,21)(H,22,23). The molecule has 0 bridgehead atoms. The van der Waals surface area contributed by atoms with E-state index in [0.29, 0.717) is 0 Å². The van der Waals surface area contributed by atoms with E-state index in [1.54, 1.807) is 0 Å². The van der Waals surface area contributed by atoms with E-state index in [-0.39, 0.29) is 17.0 Å². The average Bonchev–Trinajstić information content (AvgIpc) is 2.96. The van der Waals surface area contributed by atoms with Crippen molar-refractivity contribution in [2.24, 2.45) is 0 Å². The van der Waals surface area contributed by atoms with Crippen molar-refractivity contribution in [2.75, 3.05) is 5.32 Å². The highest BCUT2D eigenvalue weighted by molar-refractivity contribution is 6.06. The topological polar surface area (TPSA) is 93.5 Å². The summed E-state index contributed by atoms with van der Waals surface area (Å²) in [5.74, 6) is -2.04. The first-order valence-electron chi connectivity index (χ1n) is 6.85. The Bertz CT molecular complexity index is 759. The van der Waals surface area contributed by atoms with Crippen LogP contribution in [-0.2, 0) is 10.3 Å². The molecular formula is C15H15F2N3O4. The summed E-state index contributed by atoms with van der Waals surface area (Å²) >= 11 is 0. The summed E-state index contributed by atoms with van der Waals surface area (Å²) in [6.07, 6.45) is 2.60. The van der Waals surface area contributed by atoms with Crippen LogP contribution in [-0.4, -0.2) is 33.4 Å². The van der Waals surface area contributed by atoms with Gasteiger partial charge in [-0.3, -0.25) is 9.48 Å². The highest BCUT2D eigenvalue weighted by atomic mass is 19.3. The fraction of sp³-hybridized carbons (Fsp3) is 0.267. The largest absolute Gasteiger partial charge is 0.479 e. The van der Waals surface area contributed by atoms with E-state index in [0.717, 1.165) is 0 Å². The van der Waals surface area contributed by atoms with Crippen molar-refractivity contribution in [3.63, 3.8) is 0 Å². The van der Waals surface area contributed by atoms with Gasteiger partial charge in [0.05, 0.1) is 17.4 Å². The van der Waals surface area contributed by atoms with Gasteiger partial charge in [-0.05, 0) is 26.0 Å². The molecule has 2 aromatic rings. The monoisotopic (exact) mass is 339 g/mol. The molecule has 0 saturated heterocycles. The number of halogens is 2. The van der Waals surface area contributed by atoms with E-state index in [2.05, 4.69) is 15.2 Å². The third kappa shape index (κ3) is 3.67. The highest BCUT2D eigenvalue weighted by Crippen LogP contribution is 2.22. The Morgan fingerprint density at radius 2 is 2.00 bits per heavy atom. The summed E-state index contributed by atoms with van der Waals surface area (Å²) in [7, 11) is 0. The molecule has 1 aromatic carbocycles. The van der Waals surface area contributed by atoms with Gasteiger partial charge < -0.3 is 15.2 Å². The second-order valence-electron chi connectivity index (χ2n) is 5.37. The summed E-state index contributed by atoms with van der Waals surface area (Å²) in [5.41, 5.74) is -1.16. The molecule has 2 N–H and O–H groups in total. The van der Waals surface area contributed by atoms with Gasteiger partial charge in [-0.1, -0.05) is 12.1 Å². The van der Waals surface area contributed by atoms with Crippen LogP contribution in [0, 0.1) is 0 Å². The zero-order valence-corrected chi connectivity index (χ0v) is 12.9. The third-order valence-electron chi connectivity index (χ3n) is 3.28. The Hall–Kier alpha value is -2.97. The Balaban J connectivity index is 2.20. The molecule has 0 fully saturated rings. The molecule has 7 nitrogen and oxygen atoms in total. The predicted molar refractivity (Wildman–Crippen MR) is 80.2 cm³/mol. The van der Waals surface area contributed by atoms with Crippen LogP contribution in [0.3, 0.4) is 0 Å². The Kier molecular flexibility index (Phi) is 4.82. The second-order valence-corrected chi connectivity index (χ2v) is 5.37.